The number of pyridine rings is 1. The van der Waals surface area contributed by atoms with Gasteiger partial charge in [0.05, 0.1) is 11.1 Å². The van der Waals surface area contributed by atoms with Crippen LogP contribution < -0.4 is 0 Å². The topological polar surface area (TPSA) is 36.7 Å². The van der Waals surface area contributed by atoms with Crippen LogP contribution in [0.4, 0.5) is 13.2 Å². The molecule has 0 saturated carbocycles. The molecule has 29 heavy (non-hydrogen) atoms. The molecule has 1 heterocycles. The van der Waals surface area contributed by atoms with Gasteiger partial charge in [-0.1, -0.05) is 50.6 Å². The number of thioether (sulfide) groups is 1. The number of alkyl halides is 3. The standard InChI is InChI=1S/C22H22ClF3N2S/c1-21(2,3)14-8-9-18-15(10-14)19(22(24,25)26)16(11-27)20(28-18)29-12-13-6-4-5-7-17(13)23/h4-7,14H,8-10,12H2,1-3H3. The van der Waals surface area contributed by atoms with E-state index in [0.717, 1.165) is 23.7 Å². The molecule has 3 rings (SSSR count). The fraction of sp³-hybridized carbons (Fsp3) is 0.455. The number of nitriles is 1. The maximum atomic E-state index is 14.0. The summed E-state index contributed by atoms with van der Waals surface area (Å²) in [6.45, 7) is 6.13. The van der Waals surface area contributed by atoms with Crippen LogP contribution in [-0.4, -0.2) is 4.98 Å². The highest BCUT2D eigenvalue weighted by atomic mass is 35.5. The van der Waals surface area contributed by atoms with Gasteiger partial charge in [-0.2, -0.15) is 18.4 Å². The van der Waals surface area contributed by atoms with Crippen LogP contribution in [0.3, 0.4) is 0 Å². The van der Waals surface area contributed by atoms with Crippen LogP contribution in [0.25, 0.3) is 0 Å². The third kappa shape index (κ3) is 4.73. The lowest BCUT2D eigenvalue weighted by molar-refractivity contribution is -0.139. The number of rotatable bonds is 3. The third-order valence-electron chi connectivity index (χ3n) is 5.47. The normalized spacial score (nSPS) is 17.0. The van der Waals surface area contributed by atoms with Gasteiger partial charge in [-0.3, -0.25) is 0 Å². The molecule has 0 aliphatic heterocycles. The number of aryl methyl sites for hydroxylation is 1. The minimum absolute atomic E-state index is 0.106. The van der Waals surface area contributed by atoms with Crippen molar-refractivity contribution in [2.24, 2.45) is 11.3 Å². The average molecular weight is 439 g/mol. The SMILES string of the molecule is CC(C)(C)C1CCc2nc(SCc3ccccc3Cl)c(C#N)c(C(F)(F)F)c2C1. The Balaban J connectivity index is 2.06. The van der Waals surface area contributed by atoms with Gasteiger partial charge in [0, 0.05) is 16.5 Å². The Kier molecular flexibility index (Phi) is 6.21. The van der Waals surface area contributed by atoms with Crippen molar-refractivity contribution in [2.75, 3.05) is 0 Å². The Morgan fingerprint density at radius 3 is 2.52 bits per heavy atom. The Morgan fingerprint density at radius 1 is 1.24 bits per heavy atom. The van der Waals surface area contributed by atoms with Gasteiger partial charge in [-0.15, -0.1) is 11.8 Å². The van der Waals surface area contributed by atoms with Crippen LogP contribution in [0.15, 0.2) is 29.3 Å². The summed E-state index contributed by atoms with van der Waals surface area (Å²) in [6, 6.07) is 8.95. The second kappa shape index (κ2) is 8.20. The van der Waals surface area contributed by atoms with E-state index in [1.54, 1.807) is 18.2 Å². The molecule has 1 aliphatic rings. The quantitative estimate of drug-likeness (QED) is 0.481. The molecule has 0 bridgehead atoms. The molecule has 2 nitrogen and oxygen atoms in total. The van der Waals surface area contributed by atoms with E-state index >= 15 is 0 Å². The maximum absolute atomic E-state index is 14.0. The van der Waals surface area contributed by atoms with E-state index in [-0.39, 0.29) is 27.5 Å². The highest BCUT2D eigenvalue weighted by Gasteiger charge is 2.42. The van der Waals surface area contributed by atoms with E-state index in [4.69, 9.17) is 11.6 Å². The largest absolute Gasteiger partial charge is 0.418 e. The third-order valence-corrected chi connectivity index (χ3v) is 6.87. The van der Waals surface area contributed by atoms with Crippen molar-refractivity contribution in [3.63, 3.8) is 0 Å². The molecule has 1 atom stereocenters. The molecule has 0 amide bonds. The van der Waals surface area contributed by atoms with Crippen molar-refractivity contribution in [2.45, 2.75) is 57.0 Å². The molecule has 0 fully saturated rings. The van der Waals surface area contributed by atoms with Crippen molar-refractivity contribution in [1.82, 2.24) is 4.98 Å². The van der Waals surface area contributed by atoms with E-state index in [1.165, 1.54) is 0 Å². The molecule has 154 valence electrons. The summed E-state index contributed by atoms with van der Waals surface area (Å²) in [5.41, 5.74) is 0.179. The zero-order valence-electron chi connectivity index (χ0n) is 16.5. The number of benzene rings is 1. The first-order valence-electron chi connectivity index (χ1n) is 9.41. The molecule has 1 aromatic carbocycles. The molecule has 1 unspecified atom stereocenters. The van der Waals surface area contributed by atoms with Crippen LogP contribution in [0.1, 0.15) is 55.1 Å². The Labute approximate surface area is 178 Å². The molecular formula is C22H22ClF3N2S. The molecule has 7 heteroatoms. The minimum atomic E-state index is -4.60. The zero-order chi connectivity index (χ0) is 21.4. The molecule has 0 N–H and O–H groups in total. The average Bonchev–Trinajstić information content (AvgIpc) is 2.64. The molecule has 1 aliphatic carbocycles. The van der Waals surface area contributed by atoms with Crippen LogP contribution in [0.2, 0.25) is 5.02 Å². The van der Waals surface area contributed by atoms with Gasteiger partial charge >= 0.3 is 6.18 Å². The van der Waals surface area contributed by atoms with Gasteiger partial charge < -0.3 is 0 Å². The predicted molar refractivity (Wildman–Crippen MR) is 110 cm³/mol. The number of hydrogen-bond donors (Lipinski definition) is 0. The second-order valence-electron chi connectivity index (χ2n) is 8.39. The molecule has 1 aromatic heterocycles. The number of fused-ring (bicyclic) bond motifs is 1. The summed E-state index contributed by atoms with van der Waals surface area (Å²) in [7, 11) is 0. The smallest absolute Gasteiger partial charge is 0.245 e. The van der Waals surface area contributed by atoms with Crippen LogP contribution >= 0.6 is 23.4 Å². The van der Waals surface area contributed by atoms with E-state index in [1.807, 2.05) is 32.9 Å². The van der Waals surface area contributed by atoms with Crippen molar-refractivity contribution >= 4 is 23.4 Å². The van der Waals surface area contributed by atoms with E-state index in [2.05, 4.69) is 4.98 Å². The molecular weight excluding hydrogens is 417 g/mol. The van der Waals surface area contributed by atoms with E-state index in [0.29, 0.717) is 29.3 Å². The summed E-state index contributed by atoms with van der Waals surface area (Å²) in [5, 5.41) is 10.3. The van der Waals surface area contributed by atoms with Crippen molar-refractivity contribution < 1.29 is 13.2 Å². The summed E-state index contributed by atoms with van der Waals surface area (Å²) in [5.74, 6) is 0.466. The lowest BCUT2D eigenvalue weighted by Gasteiger charge is -2.36. The Morgan fingerprint density at radius 2 is 1.93 bits per heavy atom. The van der Waals surface area contributed by atoms with Crippen molar-refractivity contribution in [3.8, 4) is 6.07 Å². The van der Waals surface area contributed by atoms with E-state index < -0.39 is 11.7 Å². The van der Waals surface area contributed by atoms with Crippen molar-refractivity contribution in [1.29, 1.82) is 5.26 Å². The van der Waals surface area contributed by atoms with Crippen LogP contribution in [0, 0.1) is 22.7 Å². The lowest BCUT2D eigenvalue weighted by Crippen LogP contribution is -2.30. The van der Waals surface area contributed by atoms with Gasteiger partial charge in [0.15, 0.2) is 0 Å². The van der Waals surface area contributed by atoms with E-state index in [9.17, 15) is 18.4 Å². The Hall–Kier alpha value is -1.71. The first-order chi connectivity index (χ1) is 13.5. The molecule has 0 spiro atoms. The molecule has 0 saturated heterocycles. The zero-order valence-corrected chi connectivity index (χ0v) is 18.1. The highest BCUT2D eigenvalue weighted by Crippen LogP contribution is 2.45. The van der Waals surface area contributed by atoms with Crippen molar-refractivity contribution in [3.05, 3.63) is 57.2 Å². The first-order valence-corrected chi connectivity index (χ1v) is 10.8. The highest BCUT2D eigenvalue weighted by molar-refractivity contribution is 7.98. The van der Waals surface area contributed by atoms with Gasteiger partial charge in [0.25, 0.3) is 0 Å². The van der Waals surface area contributed by atoms with Crippen LogP contribution in [-0.2, 0) is 24.8 Å². The summed E-state index contributed by atoms with van der Waals surface area (Å²) < 4.78 is 42.1. The Bertz CT molecular complexity index is 958. The molecule has 2 aromatic rings. The lowest BCUT2D eigenvalue weighted by atomic mass is 9.70. The summed E-state index contributed by atoms with van der Waals surface area (Å²) in [6.07, 6.45) is -3.02. The van der Waals surface area contributed by atoms with Crippen LogP contribution in [0.5, 0.6) is 0 Å². The van der Waals surface area contributed by atoms with Gasteiger partial charge in [0.2, 0.25) is 0 Å². The van der Waals surface area contributed by atoms with Gasteiger partial charge in [-0.05, 0) is 47.8 Å². The minimum Gasteiger partial charge on any atom is -0.245 e. The monoisotopic (exact) mass is 438 g/mol. The first kappa shape index (κ1) is 22.0. The fourth-order valence-corrected chi connectivity index (χ4v) is 5.05. The summed E-state index contributed by atoms with van der Waals surface area (Å²) >= 11 is 7.29. The predicted octanol–water partition coefficient (Wildman–Crippen LogP) is 7.07. The number of hydrogen-bond acceptors (Lipinski definition) is 3. The fourth-order valence-electron chi connectivity index (χ4n) is 3.76. The molecule has 0 radical (unpaired) electrons. The summed E-state index contributed by atoms with van der Waals surface area (Å²) in [4.78, 5) is 4.52. The van der Waals surface area contributed by atoms with Gasteiger partial charge in [-0.25, -0.2) is 4.98 Å². The maximum Gasteiger partial charge on any atom is 0.418 e. The van der Waals surface area contributed by atoms with Gasteiger partial charge in [0.1, 0.15) is 11.1 Å². The number of halogens is 4. The second-order valence-corrected chi connectivity index (χ2v) is 9.76. The number of nitrogens with zero attached hydrogens (tertiary/aromatic N) is 2. The number of aromatic nitrogens is 1.